The summed E-state index contributed by atoms with van der Waals surface area (Å²) < 4.78 is 4.75. The summed E-state index contributed by atoms with van der Waals surface area (Å²) in [6, 6.07) is 20.9. The van der Waals surface area contributed by atoms with Crippen LogP contribution in [-0.2, 0) is 16.0 Å². The number of thioether (sulfide) groups is 1. The Morgan fingerprint density at radius 2 is 1.82 bits per heavy atom. The molecule has 0 atom stereocenters. The average molecular weight is 472 g/mol. The second kappa shape index (κ2) is 10.5. The van der Waals surface area contributed by atoms with Crippen molar-refractivity contribution in [3.05, 3.63) is 83.4 Å². The highest BCUT2D eigenvalue weighted by Crippen LogP contribution is 2.30. The lowest BCUT2D eigenvalue weighted by atomic mass is 10.1. The summed E-state index contributed by atoms with van der Waals surface area (Å²) in [7, 11) is 1.32. The van der Waals surface area contributed by atoms with Crippen LogP contribution in [0.4, 0.5) is 5.69 Å². The third-order valence-electron chi connectivity index (χ3n) is 5.32. The maximum Gasteiger partial charge on any atom is 0.337 e. The summed E-state index contributed by atoms with van der Waals surface area (Å²) in [5.41, 5.74) is 5.01. The molecule has 0 radical (unpaired) electrons. The summed E-state index contributed by atoms with van der Waals surface area (Å²) in [4.78, 5) is 34.1. The van der Waals surface area contributed by atoms with Crippen LogP contribution in [0.2, 0.25) is 0 Å². The highest BCUT2D eigenvalue weighted by molar-refractivity contribution is 8.00. The Balaban J connectivity index is 1.60. The van der Waals surface area contributed by atoms with Gasteiger partial charge >= 0.3 is 5.97 Å². The van der Waals surface area contributed by atoms with E-state index < -0.39 is 5.97 Å². The lowest BCUT2D eigenvalue weighted by Gasteiger charge is -2.11. The van der Waals surface area contributed by atoms with E-state index in [2.05, 4.69) is 30.4 Å². The largest absolute Gasteiger partial charge is 0.465 e. The number of aromatic nitrogens is 2. The zero-order valence-corrected chi connectivity index (χ0v) is 20.1. The molecule has 1 aromatic heterocycles. The number of nitrogens with zero attached hydrogens (tertiary/aromatic N) is 2. The number of hydrogen-bond acceptors (Lipinski definition) is 6. The van der Waals surface area contributed by atoms with Crippen molar-refractivity contribution in [3.63, 3.8) is 0 Å². The molecule has 34 heavy (non-hydrogen) atoms. The maximum absolute atomic E-state index is 12.7. The molecule has 7 heteroatoms. The third-order valence-corrected chi connectivity index (χ3v) is 6.31. The summed E-state index contributed by atoms with van der Waals surface area (Å²) in [6.45, 7) is 4.14. The number of fused-ring (bicyclic) bond motifs is 1. The van der Waals surface area contributed by atoms with Crippen LogP contribution in [0.15, 0.2) is 71.8 Å². The van der Waals surface area contributed by atoms with Crippen LogP contribution in [-0.4, -0.2) is 34.7 Å². The highest BCUT2D eigenvalue weighted by atomic mass is 32.2. The fraction of sp³-hybridized carbons (Fsp3) is 0.185. The first-order valence-electron chi connectivity index (χ1n) is 11.0. The zero-order valence-electron chi connectivity index (χ0n) is 19.3. The zero-order chi connectivity index (χ0) is 24.1. The van der Waals surface area contributed by atoms with E-state index in [4.69, 9.17) is 14.7 Å². The van der Waals surface area contributed by atoms with Gasteiger partial charge in [-0.15, -0.1) is 0 Å². The number of carbonyl (C=O) groups is 2. The van der Waals surface area contributed by atoms with Crippen molar-refractivity contribution in [2.75, 3.05) is 18.2 Å². The SMILES string of the molecule is CCc1ccc2nc(-c3cccc(C)c3)nc(SCC(=O)Nc3cccc(C(=O)OC)c3)c2c1. The highest BCUT2D eigenvalue weighted by Gasteiger charge is 2.14. The summed E-state index contributed by atoms with van der Waals surface area (Å²) in [5.74, 6) is 0.156. The van der Waals surface area contributed by atoms with Crippen LogP contribution in [0.1, 0.15) is 28.4 Å². The standard InChI is InChI=1S/C27H25N3O3S/c1-4-18-11-12-23-22(14-18)26(30-25(29-23)19-8-5-7-17(2)13-19)34-16-24(31)28-21-10-6-9-20(15-21)27(32)33-3/h5-15H,4,16H2,1-3H3,(H,28,31). The Bertz CT molecular complexity index is 1370. The summed E-state index contributed by atoms with van der Waals surface area (Å²) in [5, 5.41) is 4.54. The van der Waals surface area contributed by atoms with Crippen LogP contribution in [0, 0.1) is 6.92 Å². The minimum atomic E-state index is -0.451. The smallest absolute Gasteiger partial charge is 0.337 e. The Kier molecular flexibility index (Phi) is 7.23. The molecule has 0 aliphatic heterocycles. The molecule has 1 amide bonds. The number of carbonyl (C=O) groups excluding carboxylic acids is 2. The van der Waals surface area contributed by atoms with Crippen molar-refractivity contribution in [3.8, 4) is 11.4 Å². The van der Waals surface area contributed by atoms with Gasteiger partial charge in [-0.2, -0.15) is 0 Å². The Morgan fingerprint density at radius 1 is 1.00 bits per heavy atom. The molecule has 4 rings (SSSR count). The molecule has 0 saturated heterocycles. The van der Waals surface area contributed by atoms with E-state index in [0.717, 1.165) is 33.5 Å². The van der Waals surface area contributed by atoms with Crippen molar-refractivity contribution in [2.45, 2.75) is 25.3 Å². The van der Waals surface area contributed by atoms with Gasteiger partial charge in [-0.25, -0.2) is 14.8 Å². The molecule has 1 heterocycles. The van der Waals surface area contributed by atoms with E-state index >= 15 is 0 Å². The van der Waals surface area contributed by atoms with Crippen LogP contribution in [0.5, 0.6) is 0 Å². The van der Waals surface area contributed by atoms with E-state index in [-0.39, 0.29) is 11.7 Å². The number of nitrogens with one attached hydrogen (secondary N) is 1. The molecule has 1 N–H and O–H groups in total. The molecule has 6 nitrogen and oxygen atoms in total. The molecule has 0 aliphatic rings. The second-order valence-electron chi connectivity index (χ2n) is 7.84. The van der Waals surface area contributed by atoms with E-state index in [1.807, 2.05) is 31.2 Å². The number of ether oxygens (including phenoxy) is 1. The molecule has 0 aliphatic carbocycles. The van der Waals surface area contributed by atoms with E-state index in [1.54, 1.807) is 24.3 Å². The van der Waals surface area contributed by atoms with Crippen molar-refractivity contribution in [1.29, 1.82) is 0 Å². The monoisotopic (exact) mass is 471 g/mol. The average Bonchev–Trinajstić information content (AvgIpc) is 2.86. The second-order valence-corrected chi connectivity index (χ2v) is 8.80. The Labute approximate surface area is 202 Å². The van der Waals surface area contributed by atoms with Gasteiger partial charge in [0.25, 0.3) is 0 Å². The van der Waals surface area contributed by atoms with Gasteiger partial charge in [0, 0.05) is 16.6 Å². The van der Waals surface area contributed by atoms with Crippen LogP contribution >= 0.6 is 11.8 Å². The molecule has 0 unspecified atom stereocenters. The minimum Gasteiger partial charge on any atom is -0.465 e. The predicted octanol–water partition coefficient (Wildman–Crippen LogP) is 5.69. The van der Waals surface area contributed by atoms with Gasteiger partial charge in [-0.1, -0.05) is 54.6 Å². The summed E-state index contributed by atoms with van der Waals surface area (Å²) >= 11 is 1.37. The minimum absolute atomic E-state index is 0.165. The molecular formula is C27H25N3O3S. The number of hydrogen-bond donors (Lipinski definition) is 1. The van der Waals surface area contributed by atoms with Crippen molar-refractivity contribution < 1.29 is 14.3 Å². The molecular weight excluding hydrogens is 446 g/mol. The van der Waals surface area contributed by atoms with Gasteiger partial charge in [-0.05, 0) is 55.3 Å². The van der Waals surface area contributed by atoms with Crippen molar-refractivity contribution in [1.82, 2.24) is 9.97 Å². The Morgan fingerprint density at radius 3 is 2.59 bits per heavy atom. The first-order valence-corrected chi connectivity index (χ1v) is 11.9. The predicted molar refractivity (Wildman–Crippen MR) is 136 cm³/mol. The van der Waals surface area contributed by atoms with E-state index in [1.165, 1.54) is 24.4 Å². The van der Waals surface area contributed by atoms with E-state index in [9.17, 15) is 9.59 Å². The van der Waals surface area contributed by atoms with Gasteiger partial charge in [0.2, 0.25) is 5.91 Å². The van der Waals surface area contributed by atoms with Crippen molar-refractivity contribution >= 4 is 40.2 Å². The van der Waals surface area contributed by atoms with Crippen LogP contribution < -0.4 is 5.32 Å². The molecule has 0 bridgehead atoms. The molecule has 0 saturated carbocycles. The molecule has 4 aromatic rings. The number of amides is 1. The number of esters is 1. The van der Waals surface area contributed by atoms with Crippen LogP contribution in [0.25, 0.3) is 22.3 Å². The first kappa shape index (κ1) is 23.4. The molecule has 172 valence electrons. The number of aryl methyl sites for hydroxylation is 2. The number of benzene rings is 3. The van der Waals surface area contributed by atoms with Crippen molar-refractivity contribution in [2.24, 2.45) is 0 Å². The number of methoxy groups -OCH3 is 1. The number of anilines is 1. The van der Waals surface area contributed by atoms with Gasteiger partial charge in [0.05, 0.1) is 23.9 Å². The van der Waals surface area contributed by atoms with E-state index in [0.29, 0.717) is 17.1 Å². The van der Waals surface area contributed by atoms with Gasteiger partial charge in [0.15, 0.2) is 5.82 Å². The van der Waals surface area contributed by atoms with Gasteiger partial charge in [0.1, 0.15) is 5.03 Å². The fourth-order valence-corrected chi connectivity index (χ4v) is 4.37. The summed E-state index contributed by atoms with van der Waals surface area (Å²) in [6.07, 6.45) is 0.900. The quantitative estimate of drug-likeness (QED) is 0.212. The maximum atomic E-state index is 12.7. The topological polar surface area (TPSA) is 81.2 Å². The Hall–Kier alpha value is -3.71. The molecule has 3 aromatic carbocycles. The first-order chi connectivity index (χ1) is 16.5. The lowest BCUT2D eigenvalue weighted by Crippen LogP contribution is -2.14. The molecule has 0 fully saturated rings. The number of rotatable bonds is 7. The fourth-order valence-electron chi connectivity index (χ4n) is 3.56. The molecule has 0 spiro atoms. The normalized spacial score (nSPS) is 10.8. The van der Waals surface area contributed by atoms with Gasteiger partial charge in [-0.3, -0.25) is 4.79 Å². The van der Waals surface area contributed by atoms with Gasteiger partial charge < -0.3 is 10.1 Å². The third kappa shape index (κ3) is 5.43. The lowest BCUT2D eigenvalue weighted by molar-refractivity contribution is -0.113. The van der Waals surface area contributed by atoms with Crippen LogP contribution in [0.3, 0.4) is 0 Å².